The van der Waals surface area contributed by atoms with Gasteiger partial charge in [0.05, 0.1) is 10.6 Å². The molecule has 0 spiro atoms. The molecule has 0 aliphatic rings. The first kappa shape index (κ1) is 13.6. The van der Waals surface area contributed by atoms with Crippen LogP contribution >= 0.6 is 11.6 Å². The summed E-state index contributed by atoms with van der Waals surface area (Å²) in [5.41, 5.74) is 8.70. The average molecular weight is 301 g/mol. The van der Waals surface area contributed by atoms with Crippen molar-refractivity contribution in [2.45, 2.75) is 13.3 Å². The first-order valence-corrected chi connectivity index (χ1v) is 6.90. The maximum absolute atomic E-state index is 6.15. The molecule has 3 aromatic rings. The highest BCUT2D eigenvalue weighted by Crippen LogP contribution is 2.30. The van der Waals surface area contributed by atoms with Gasteiger partial charge in [-0.05, 0) is 36.2 Å². The minimum Gasteiger partial charge on any atom is -0.399 e. The van der Waals surface area contributed by atoms with Crippen molar-refractivity contribution in [2.24, 2.45) is 0 Å². The third kappa shape index (κ3) is 2.60. The van der Waals surface area contributed by atoms with Crippen molar-refractivity contribution in [3.8, 4) is 23.0 Å². The van der Waals surface area contributed by atoms with E-state index in [2.05, 4.69) is 22.0 Å². The third-order valence-corrected chi connectivity index (χ3v) is 3.45. The molecule has 21 heavy (non-hydrogen) atoms. The predicted octanol–water partition coefficient (Wildman–Crippen LogP) is 3.60. The number of anilines is 1. The molecular formula is C15H13ClN4O. The van der Waals surface area contributed by atoms with Gasteiger partial charge in [-0.15, -0.1) is 0 Å². The monoisotopic (exact) mass is 300 g/mol. The molecule has 2 heterocycles. The van der Waals surface area contributed by atoms with Crippen LogP contribution in [-0.4, -0.2) is 15.1 Å². The Bertz CT molecular complexity index is 785. The number of aryl methyl sites for hydroxylation is 1. The molecule has 2 N–H and O–H groups in total. The fourth-order valence-corrected chi connectivity index (χ4v) is 2.33. The largest absolute Gasteiger partial charge is 0.399 e. The minimum atomic E-state index is 0.350. The molecule has 0 aliphatic heterocycles. The summed E-state index contributed by atoms with van der Waals surface area (Å²) in [6.07, 6.45) is 2.55. The van der Waals surface area contributed by atoms with Gasteiger partial charge in [0.15, 0.2) is 0 Å². The lowest BCUT2D eigenvalue weighted by molar-refractivity contribution is 0.432. The topological polar surface area (TPSA) is 77.8 Å². The molecule has 0 radical (unpaired) electrons. The zero-order chi connectivity index (χ0) is 14.8. The number of benzene rings is 1. The molecule has 6 heteroatoms. The fourth-order valence-electron chi connectivity index (χ4n) is 2.06. The number of pyridine rings is 1. The normalized spacial score (nSPS) is 10.8. The average Bonchev–Trinajstić information content (AvgIpc) is 2.96. The standard InChI is InChI=1S/C15H13ClN4O/c1-2-9-4-3-7-18-13(9)14-19-15(21-20-14)11-6-5-10(17)8-12(11)16/h3-8H,2,17H2,1H3. The quantitative estimate of drug-likeness (QED) is 0.748. The zero-order valence-corrected chi connectivity index (χ0v) is 12.1. The third-order valence-electron chi connectivity index (χ3n) is 3.13. The van der Waals surface area contributed by atoms with Crippen LogP contribution in [0.1, 0.15) is 12.5 Å². The van der Waals surface area contributed by atoms with Gasteiger partial charge in [0, 0.05) is 11.9 Å². The van der Waals surface area contributed by atoms with E-state index in [9.17, 15) is 0 Å². The van der Waals surface area contributed by atoms with E-state index in [1.54, 1.807) is 24.4 Å². The van der Waals surface area contributed by atoms with Crippen LogP contribution in [0.25, 0.3) is 23.0 Å². The number of nitrogens with two attached hydrogens (primary N) is 1. The molecule has 106 valence electrons. The molecular weight excluding hydrogens is 288 g/mol. The van der Waals surface area contributed by atoms with Gasteiger partial charge in [-0.3, -0.25) is 4.98 Å². The molecule has 0 atom stereocenters. The highest BCUT2D eigenvalue weighted by atomic mass is 35.5. The van der Waals surface area contributed by atoms with E-state index in [4.69, 9.17) is 21.9 Å². The van der Waals surface area contributed by atoms with Crippen LogP contribution in [0.2, 0.25) is 5.02 Å². The molecule has 5 nitrogen and oxygen atoms in total. The molecule has 0 saturated carbocycles. The van der Waals surface area contributed by atoms with Crippen LogP contribution in [0.5, 0.6) is 0 Å². The van der Waals surface area contributed by atoms with Crippen LogP contribution in [0.3, 0.4) is 0 Å². The Morgan fingerprint density at radius 3 is 2.90 bits per heavy atom. The van der Waals surface area contributed by atoms with Crippen LogP contribution in [0.15, 0.2) is 41.1 Å². The maximum atomic E-state index is 6.15. The second-order valence-corrected chi connectivity index (χ2v) is 4.93. The fraction of sp³-hybridized carbons (Fsp3) is 0.133. The van der Waals surface area contributed by atoms with Crippen molar-refractivity contribution in [2.75, 3.05) is 5.73 Å². The van der Waals surface area contributed by atoms with E-state index in [0.29, 0.717) is 28.0 Å². The summed E-state index contributed by atoms with van der Waals surface area (Å²) in [5.74, 6) is 0.804. The molecule has 0 bridgehead atoms. The highest BCUT2D eigenvalue weighted by Gasteiger charge is 2.16. The Kier molecular flexibility index (Phi) is 3.58. The number of hydrogen-bond donors (Lipinski definition) is 1. The SMILES string of the molecule is CCc1cccnc1-c1noc(-c2ccc(N)cc2Cl)n1. The Hall–Kier alpha value is -2.40. The zero-order valence-electron chi connectivity index (χ0n) is 11.4. The van der Waals surface area contributed by atoms with Crippen LogP contribution in [0, 0.1) is 0 Å². The summed E-state index contributed by atoms with van der Waals surface area (Å²) in [5, 5.41) is 4.47. The Labute approximate surface area is 126 Å². The van der Waals surface area contributed by atoms with Crippen LogP contribution in [0.4, 0.5) is 5.69 Å². The maximum Gasteiger partial charge on any atom is 0.259 e. The first-order valence-electron chi connectivity index (χ1n) is 6.52. The number of hydrogen-bond acceptors (Lipinski definition) is 5. The second kappa shape index (κ2) is 5.54. The van der Waals surface area contributed by atoms with Gasteiger partial charge in [-0.1, -0.05) is 29.7 Å². The molecule has 0 aliphatic carbocycles. The molecule has 0 unspecified atom stereocenters. The van der Waals surface area contributed by atoms with Crippen molar-refractivity contribution in [3.05, 3.63) is 47.1 Å². The van der Waals surface area contributed by atoms with Gasteiger partial charge in [-0.2, -0.15) is 4.98 Å². The number of rotatable bonds is 3. The summed E-state index contributed by atoms with van der Waals surface area (Å²) in [4.78, 5) is 8.71. The van der Waals surface area contributed by atoms with Gasteiger partial charge in [-0.25, -0.2) is 0 Å². The van der Waals surface area contributed by atoms with E-state index in [-0.39, 0.29) is 0 Å². The van der Waals surface area contributed by atoms with E-state index in [1.807, 2.05) is 12.1 Å². The van der Waals surface area contributed by atoms with Crippen molar-refractivity contribution in [1.29, 1.82) is 0 Å². The van der Waals surface area contributed by atoms with Gasteiger partial charge in [0.2, 0.25) is 5.82 Å². The van der Waals surface area contributed by atoms with Gasteiger partial charge < -0.3 is 10.3 Å². The molecule has 0 fully saturated rings. The van der Waals surface area contributed by atoms with E-state index in [0.717, 1.165) is 17.7 Å². The lowest BCUT2D eigenvalue weighted by Gasteiger charge is -2.01. The molecule has 1 aromatic carbocycles. The van der Waals surface area contributed by atoms with E-state index >= 15 is 0 Å². The lowest BCUT2D eigenvalue weighted by atomic mass is 10.1. The number of nitrogens with zero attached hydrogens (tertiary/aromatic N) is 3. The molecule has 0 saturated heterocycles. The lowest BCUT2D eigenvalue weighted by Crippen LogP contribution is -1.92. The first-order chi connectivity index (χ1) is 10.2. The second-order valence-electron chi connectivity index (χ2n) is 4.53. The van der Waals surface area contributed by atoms with Crippen molar-refractivity contribution in [3.63, 3.8) is 0 Å². The smallest absolute Gasteiger partial charge is 0.259 e. The Morgan fingerprint density at radius 1 is 1.29 bits per heavy atom. The molecule has 0 amide bonds. The minimum absolute atomic E-state index is 0.350. The number of nitrogen functional groups attached to an aromatic ring is 1. The summed E-state index contributed by atoms with van der Waals surface area (Å²) in [7, 11) is 0. The van der Waals surface area contributed by atoms with Gasteiger partial charge in [0.1, 0.15) is 5.69 Å². The Morgan fingerprint density at radius 2 is 2.14 bits per heavy atom. The predicted molar refractivity (Wildman–Crippen MR) is 81.8 cm³/mol. The van der Waals surface area contributed by atoms with Crippen molar-refractivity contribution >= 4 is 17.3 Å². The Balaban J connectivity index is 2.04. The summed E-state index contributed by atoms with van der Waals surface area (Å²) in [6.45, 7) is 2.05. The molecule has 2 aromatic heterocycles. The van der Waals surface area contributed by atoms with Gasteiger partial charge in [0.25, 0.3) is 5.89 Å². The van der Waals surface area contributed by atoms with Crippen LogP contribution in [-0.2, 0) is 6.42 Å². The summed E-state index contributed by atoms with van der Waals surface area (Å²) in [6, 6.07) is 9.03. The number of halogens is 1. The van der Waals surface area contributed by atoms with E-state index < -0.39 is 0 Å². The summed E-state index contributed by atoms with van der Waals surface area (Å²) >= 11 is 6.15. The van der Waals surface area contributed by atoms with E-state index in [1.165, 1.54) is 0 Å². The number of aromatic nitrogens is 3. The van der Waals surface area contributed by atoms with Crippen molar-refractivity contribution in [1.82, 2.24) is 15.1 Å². The summed E-state index contributed by atoms with van der Waals surface area (Å²) < 4.78 is 5.30. The van der Waals surface area contributed by atoms with Gasteiger partial charge >= 0.3 is 0 Å². The molecule has 3 rings (SSSR count). The highest BCUT2D eigenvalue weighted by molar-refractivity contribution is 6.33. The van der Waals surface area contributed by atoms with Crippen molar-refractivity contribution < 1.29 is 4.52 Å². The van der Waals surface area contributed by atoms with Crippen LogP contribution < -0.4 is 5.73 Å².